The number of likely N-dealkylation sites (tertiary alicyclic amines) is 1. The molecule has 4 rings (SSSR count). The van der Waals surface area contributed by atoms with E-state index >= 15 is 0 Å². The van der Waals surface area contributed by atoms with Crippen LogP contribution in [0.25, 0.3) is 10.2 Å². The number of nitrogens with one attached hydrogen (secondary N) is 1. The quantitative estimate of drug-likeness (QED) is 0.613. The summed E-state index contributed by atoms with van der Waals surface area (Å²) in [5.74, 6) is -0.375. The van der Waals surface area contributed by atoms with Crippen molar-refractivity contribution in [1.82, 2.24) is 15.2 Å². The highest BCUT2D eigenvalue weighted by molar-refractivity contribution is 7.18. The van der Waals surface area contributed by atoms with Gasteiger partial charge < -0.3 is 11.1 Å². The molecule has 0 saturated carbocycles. The van der Waals surface area contributed by atoms with Crippen LogP contribution < -0.4 is 11.1 Å². The SMILES string of the molecule is C[C@@H](C(=O)NCc1nc2c(Cl)cccc2s1)N1CC(c2ccccc2)CC1C(N)=O. The predicted octanol–water partition coefficient (Wildman–Crippen LogP) is 3.30. The zero-order valence-electron chi connectivity index (χ0n) is 16.5. The third kappa shape index (κ3) is 4.19. The fraction of sp³-hybridized carbons (Fsp3) is 0.318. The van der Waals surface area contributed by atoms with Crippen molar-refractivity contribution in [1.29, 1.82) is 0 Å². The maximum Gasteiger partial charge on any atom is 0.237 e. The number of hydrogen-bond donors (Lipinski definition) is 2. The van der Waals surface area contributed by atoms with E-state index < -0.39 is 18.0 Å². The van der Waals surface area contributed by atoms with Crippen LogP contribution in [0.4, 0.5) is 0 Å². The molecule has 2 heterocycles. The van der Waals surface area contributed by atoms with Crippen LogP contribution in [0.1, 0.15) is 29.8 Å². The average molecular weight is 443 g/mol. The van der Waals surface area contributed by atoms with Crippen LogP contribution in [0.5, 0.6) is 0 Å². The molecule has 3 atom stereocenters. The van der Waals surface area contributed by atoms with Gasteiger partial charge >= 0.3 is 0 Å². The lowest BCUT2D eigenvalue weighted by molar-refractivity contribution is -0.129. The summed E-state index contributed by atoms with van der Waals surface area (Å²) in [5.41, 5.74) is 7.56. The first-order valence-electron chi connectivity index (χ1n) is 9.85. The van der Waals surface area contributed by atoms with Gasteiger partial charge in [0.25, 0.3) is 0 Å². The Morgan fingerprint density at radius 1 is 1.27 bits per heavy atom. The standard InChI is InChI=1S/C22H23ClN4O2S/c1-13(22(29)25-11-19-26-20-16(23)8-5-9-18(20)30-19)27-12-15(10-17(27)21(24)28)14-6-3-2-4-7-14/h2-9,13,15,17H,10-12H2,1H3,(H2,24,28)(H,25,29)/t13-,15?,17?/m0/s1. The van der Waals surface area contributed by atoms with Crippen molar-refractivity contribution in [3.8, 4) is 0 Å². The fourth-order valence-electron chi connectivity index (χ4n) is 4.03. The van der Waals surface area contributed by atoms with E-state index in [1.165, 1.54) is 11.3 Å². The summed E-state index contributed by atoms with van der Waals surface area (Å²) in [4.78, 5) is 31.3. The van der Waals surface area contributed by atoms with E-state index in [-0.39, 0.29) is 11.8 Å². The van der Waals surface area contributed by atoms with Gasteiger partial charge in [0.1, 0.15) is 10.5 Å². The zero-order chi connectivity index (χ0) is 21.3. The number of amides is 2. The summed E-state index contributed by atoms with van der Waals surface area (Å²) in [6.45, 7) is 2.74. The number of nitrogens with zero attached hydrogens (tertiary/aromatic N) is 2. The van der Waals surface area contributed by atoms with Gasteiger partial charge in [0.15, 0.2) is 0 Å². The van der Waals surface area contributed by atoms with Crippen molar-refractivity contribution in [2.24, 2.45) is 5.73 Å². The van der Waals surface area contributed by atoms with Gasteiger partial charge in [-0.25, -0.2) is 4.98 Å². The maximum atomic E-state index is 12.8. The summed E-state index contributed by atoms with van der Waals surface area (Å²) in [5, 5.41) is 4.33. The second-order valence-corrected chi connectivity index (χ2v) is 9.07. The molecule has 2 amide bonds. The number of thiazole rings is 1. The third-order valence-corrected chi connectivity index (χ3v) is 6.97. The average Bonchev–Trinajstić information content (AvgIpc) is 3.37. The van der Waals surface area contributed by atoms with E-state index in [2.05, 4.69) is 22.4 Å². The molecule has 2 aromatic carbocycles. The van der Waals surface area contributed by atoms with Gasteiger partial charge in [0.05, 0.1) is 28.4 Å². The third-order valence-electron chi connectivity index (χ3n) is 5.64. The first-order chi connectivity index (χ1) is 14.4. The number of fused-ring (bicyclic) bond motifs is 1. The van der Waals surface area contributed by atoms with Crippen LogP contribution in [0.2, 0.25) is 5.02 Å². The minimum absolute atomic E-state index is 0.152. The van der Waals surface area contributed by atoms with Crippen LogP contribution in [0.3, 0.4) is 0 Å². The Bertz CT molecular complexity index is 1070. The highest BCUT2D eigenvalue weighted by Gasteiger charge is 2.40. The highest BCUT2D eigenvalue weighted by atomic mass is 35.5. The van der Waals surface area contributed by atoms with Crippen LogP contribution in [-0.2, 0) is 16.1 Å². The molecule has 3 N–H and O–H groups in total. The number of carbonyl (C=O) groups excluding carboxylic acids is 2. The van der Waals surface area contributed by atoms with Crippen molar-refractivity contribution < 1.29 is 9.59 Å². The summed E-state index contributed by atoms with van der Waals surface area (Å²) in [7, 11) is 0. The molecule has 156 valence electrons. The molecule has 6 nitrogen and oxygen atoms in total. The molecule has 30 heavy (non-hydrogen) atoms. The Morgan fingerprint density at radius 3 is 2.73 bits per heavy atom. The van der Waals surface area contributed by atoms with E-state index in [4.69, 9.17) is 17.3 Å². The largest absolute Gasteiger partial charge is 0.368 e. The summed E-state index contributed by atoms with van der Waals surface area (Å²) < 4.78 is 0.985. The second kappa shape index (κ2) is 8.71. The Kier molecular flexibility index (Phi) is 6.04. The lowest BCUT2D eigenvalue weighted by Gasteiger charge is -2.27. The van der Waals surface area contributed by atoms with Gasteiger partial charge in [-0.3, -0.25) is 14.5 Å². The molecule has 0 radical (unpaired) electrons. The maximum absolute atomic E-state index is 12.8. The molecule has 0 bridgehead atoms. The van der Waals surface area contributed by atoms with Gasteiger partial charge in [0, 0.05) is 6.54 Å². The number of aromatic nitrogens is 1. The number of carbonyl (C=O) groups is 2. The number of halogens is 1. The number of hydrogen-bond acceptors (Lipinski definition) is 5. The van der Waals surface area contributed by atoms with Crippen molar-refractivity contribution in [2.45, 2.75) is 37.9 Å². The Labute approximate surface area is 184 Å². The van der Waals surface area contributed by atoms with Gasteiger partial charge in [-0.1, -0.05) is 48.0 Å². The summed E-state index contributed by atoms with van der Waals surface area (Å²) in [6, 6.07) is 14.7. The van der Waals surface area contributed by atoms with Gasteiger partial charge in [0.2, 0.25) is 11.8 Å². The highest BCUT2D eigenvalue weighted by Crippen LogP contribution is 2.33. The second-order valence-electron chi connectivity index (χ2n) is 7.55. The van der Waals surface area contributed by atoms with Crippen molar-refractivity contribution in [3.05, 3.63) is 64.1 Å². The first kappa shape index (κ1) is 20.8. The number of para-hydroxylation sites is 1. The lowest BCUT2D eigenvalue weighted by Crippen LogP contribution is -2.51. The molecular formula is C22H23ClN4O2S. The normalized spacial score (nSPS) is 20.3. The number of nitrogens with two attached hydrogens (primary N) is 1. The first-order valence-corrected chi connectivity index (χ1v) is 11.0. The molecule has 0 spiro atoms. The zero-order valence-corrected chi connectivity index (χ0v) is 18.1. The van der Waals surface area contributed by atoms with E-state index in [0.29, 0.717) is 24.5 Å². The molecule has 2 unspecified atom stereocenters. The van der Waals surface area contributed by atoms with Crippen LogP contribution in [0, 0.1) is 0 Å². The molecule has 3 aromatic rings. The van der Waals surface area contributed by atoms with Crippen molar-refractivity contribution >= 4 is 45.0 Å². The van der Waals surface area contributed by atoms with E-state index in [1.54, 1.807) is 6.07 Å². The molecule has 1 aromatic heterocycles. The molecule has 1 fully saturated rings. The lowest BCUT2D eigenvalue weighted by atomic mass is 9.96. The fourth-order valence-corrected chi connectivity index (χ4v) is 5.24. The summed E-state index contributed by atoms with van der Waals surface area (Å²) >= 11 is 7.69. The predicted molar refractivity (Wildman–Crippen MR) is 119 cm³/mol. The van der Waals surface area contributed by atoms with Crippen molar-refractivity contribution in [3.63, 3.8) is 0 Å². The van der Waals surface area contributed by atoms with Crippen LogP contribution in [0.15, 0.2) is 48.5 Å². The van der Waals surface area contributed by atoms with Gasteiger partial charge in [-0.05, 0) is 37.0 Å². The number of benzene rings is 2. The molecule has 0 aliphatic carbocycles. The van der Waals surface area contributed by atoms with Crippen LogP contribution in [-0.4, -0.2) is 40.3 Å². The number of primary amides is 1. The number of rotatable bonds is 6. The van der Waals surface area contributed by atoms with Crippen molar-refractivity contribution in [2.75, 3.05) is 6.54 Å². The smallest absolute Gasteiger partial charge is 0.237 e. The minimum atomic E-state index is -0.478. The Balaban J connectivity index is 1.43. The van der Waals surface area contributed by atoms with Gasteiger partial charge in [-0.15, -0.1) is 11.3 Å². The molecule has 1 saturated heterocycles. The molecule has 1 aliphatic rings. The van der Waals surface area contributed by atoms with E-state index in [1.807, 2.05) is 42.2 Å². The summed E-state index contributed by atoms with van der Waals surface area (Å²) in [6.07, 6.45) is 0.618. The minimum Gasteiger partial charge on any atom is -0.368 e. The van der Waals surface area contributed by atoms with E-state index in [9.17, 15) is 9.59 Å². The Morgan fingerprint density at radius 2 is 2.03 bits per heavy atom. The molecule has 8 heteroatoms. The monoisotopic (exact) mass is 442 g/mol. The topological polar surface area (TPSA) is 88.3 Å². The van der Waals surface area contributed by atoms with Crippen LogP contribution >= 0.6 is 22.9 Å². The Hall–Kier alpha value is -2.48. The molecular weight excluding hydrogens is 420 g/mol. The van der Waals surface area contributed by atoms with E-state index in [0.717, 1.165) is 20.8 Å². The van der Waals surface area contributed by atoms with Gasteiger partial charge in [-0.2, -0.15) is 0 Å². The molecule has 1 aliphatic heterocycles.